The Morgan fingerprint density at radius 2 is 2.15 bits per heavy atom. The van der Waals surface area contributed by atoms with Crippen LogP contribution in [0.3, 0.4) is 0 Å². The number of benzene rings is 1. The van der Waals surface area contributed by atoms with Crippen LogP contribution in [0.25, 0.3) is 5.65 Å². The van der Waals surface area contributed by atoms with Gasteiger partial charge in [0.1, 0.15) is 5.75 Å². The van der Waals surface area contributed by atoms with E-state index in [-0.39, 0.29) is 5.56 Å². The third-order valence-electron chi connectivity index (χ3n) is 5.43. The fourth-order valence-electron chi connectivity index (χ4n) is 3.95. The molecular formula is C21H26N4O2. The van der Waals surface area contributed by atoms with Gasteiger partial charge in [-0.1, -0.05) is 24.6 Å². The fourth-order valence-corrected chi connectivity index (χ4v) is 3.95. The SMILES string of the molecule is CCc1cc(=O)n2[nH]c(C3CCN(Cc4cc(C)ccc4OC)C3)cc2n1. The van der Waals surface area contributed by atoms with Crippen LogP contribution in [0.1, 0.15) is 41.8 Å². The maximum Gasteiger partial charge on any atom is 0.272 e. The second-order valence-electron chi connectivity index (χ2n) is 7.38. The van der Waals surface area contributed by atoms with Crippen LogP contribution in [0.2, 0.25) is 0 Å². The first-order valence-electron chi connectivity index (χ1n) is 9.55. The van der Waals surface area contributed by atoms with Crippen molar-refractivity contribution in [3.05, 3.63) is 63.2 Å². The molecule has 1 atom stereocenters. The number of aryl methyl sites for hydroxylation is 2. The molecule has 0 bridgehead atoms. The molecule has 1 aromatic carbocycles. The van der Waals surface area contributed by atoms with Gasteiger partial charge in [-0.2, -0.15) is 0 Å². The zero-order valence-electron chi connectivity index (χ0n) is 16.2. The fraction of sp³-hybridized carbons (Fsp3) is 0.429. The van der Waals surface area contributed by atoms with Gasteiger partial charge >= 0.3 is 0 Å². The third kappa shape index (κ3) is 3.49. The molecule has 1 aliphatic rings. The van der Waals surface area contributed by atoms with Gasteiger partial charge in [0.25, 0.3) is 5.56 Å². The van der Waals surface area contributed by atoms with Crippen molar-refractivity contribution in [1.82, 2.24) is 19.5 Å². The number of aromatic nitrogens is 3. The van der Waals surface area contributed by atoms with Gasteiger partial charge in [0.2, 0.25) is 0 Å². The highest BCUT2D eigenvalue weighted by molar-refractivity contribution is 5.41. The minimum absolute atomic E-state index is 0.0394. The number of methoxy groups -OCH3 is 1. The molecule has 0 aliphatic carbocycles. The van der Waals surface area contributed by atoms with Crippen LogP contribution in [-0.4, -0.2) is 39.7 Å². The van der Waals surface area contributed by atoms with Gasteiger partial charge in [-0.05, 0) is 32.4 Å². The van der Waals surface area contributed by atoms with E-state index in [4.69, 9.17) is 4.74 Å². The Morgan fingerprint density at radius 1 is 1.30 bits per heavy atom. The van der Waals surface area contributed by atoms with Crippen molar-refractivity contribution >= 4 is 5.65 Å². The monoisotopic (exact) mass is 366 g/mol. The van der Waals surface area contributed by atoms with E-state index in [1.165, 1.54) is 11.1 Å². The number of ether oxygens (including phenoxy) is 1. The van der Waals surface area contributed by atoms with E-state index in [2.05, 4.69) is 34.0 Å². The summed E-state index contributed by atoms with van der Waals surface area (Å²) in [4.78, 5) is 19.3. The number of fused-ring (bicyclic) bond motifs is 1. The zero-order chi connectivity index (χ0) is 19.0. The molecule has 6 nitrogen and oxygen atoms in total. The Balaban J connectivity index is 1.53. The van der Waals surface area contributed by atoms with Crippen molar-refractivity contribution in [1.29, 1.82) is 0 Å². The van der Waals surface area contributed by atoms with E-state index in [1.807, 2.05) is 19.1 Å². The number of likely N-dealkylation sites (tertiary alicyclic amines) is 1. The van der Waals surface area contributed by atoms with Crippen LogP contribution in [0.5, 0.6) is 5.75 Å². The van der Waals surface area contributed by atoms with Gasteiger partial charge in [0.05, 0.1) is 7.11 Å². The molecule has 0 spiro atoms. The van der Waals surface area contributed by atoms with Crippen LogP contribution in [0, 0.1) is 6.92 Å². The summed E-state index contributed by atoms with van der Waals surface area (Å²) >= 11 is 0. The maximum atomic E-state index is 12.3. The Hall–Kier alpha value is -2.60. The van der Waals surface area contributed by atoms with Gasteiger partial charge < -0.3 is 4.74 Å². The highest BCUT2D eigenvalue weighted by Crippen LogP contribution is 2.29. The number of hydrogen-bond donors (Lipinski definition) is 1. The van der Waals surface area contributed by atoms with Crippen molar-refractivity contribution in [3.63, 3.8) is 0 Å². The molecule has 0 amide bonds. The number of nitrogens with zero attached hydrogens (tertiary/aromatic N) is 3. The molecule has 4 rings (SSSR count). The van der Waals surface area contributed by atoms with Crippen LogP contribution in [0.4, 0.5) is 0 Å². The summed E-state index contributed by atoms with van der Waals surface area (Å²) in [7, 11) is 1.72. The summed E-state index contributed by atoms with van der Waals surface area (Å²) < 4.78 is 7.07. The van der Waals surface area contributed by atoms with E-state index in [9.17, 15) is 4.79 Å². The topological polar surface area (TPSA) is 62.6 Å². The van der Waals surface area contributed by atoms with Crippen LogP contribution in [-0.2, 0) is 13.0 Å². The minimum atomic E-state index is -0.0394. The Kier molecular flexibility index (Phi) is 4.74. The second kappa shape index (κ2) is 7.19. The number of hydrogen-bond acceptors (Lipinski definition) is 4. The molecule has 6 heteroatoms. The molecule has 2 aromatic heterocycles. The lowest BCUT2D eigenvalue weighted by atomic mass is 10.1. The molecule has 1 saturated heterocycles. The lowest BCUT2D eigenvalue weighted by Gasteiger charge is -2.18. The second-order valence-corrected chi connectivity index (χ2v) is 7.38. The first-order chi connectivity index (χ1) is 13.1. The summed E-state index contributed by atoms with van der Waals surface area (Å²) in [6.07, 6.45) is 1.83. The smallest absolute Gasteiger partial charge is 0.272 e. The van der Waals surface area contributed by atoms with Crippen molar-refractivity contribution in [2.24, 2.45) is 0 Å². The standard InChI is InChI=1S/C21H26N4O2/c1-4-17-10-21(26)25-20(22-17)11-18(23-25)15-7-8-24(12-15)13-16-9-14(2)5-6-19(16)27-3/h5-6,9-11,15,23H,4,7-8,12-13H2,1-3H3. The van der Waals surface area contributed by atoms with E-state index in [0.29, 0.717) is 11.6 Å². The first-order valence-corrected chi connectivity index (χ1v) is 9.55. The van der Waals surface area contributed by atoms with Crippen molar-refractivity contribution in [2.45, 2.75) is 39.2 Å². The van der Waals surface area contributed by atoms with Crippen molar-refractivity contribution in [2.75, 3.05) is 20.2 Å². The quantitative estimate of drug-likeness (QED) is 0.754. The summed E-state index contributed by atoms with van der Waals surface area (Å²) in [5.74, 6) is 1.32. The van der Waals surface area contributed by atoms with Crippen molar-refractivity contribution < 1.29 is 4.74 Å². The molecule has 1 N–H and O–H groups in total. The van der Waals surface area contributed by atoms with E-state index in [0.717, 1.165) is 49.6 Å². The van der Waals surface area contributed by atoms with E-state index in [1.54, 1.807) is 17.7 Å². The number of H-pyrrole nitrogens is 1. The van der Waals surface area contributed by atoms with Crippen LogP contribution >= 0.6 is 0 Å². The van der Waals surface area contributed by atoms with Gasteiger partial charge in [-0.15, -0.1) is 0 Å². The van der Waals surface area contributed by atoms with Crippen LogP contribution in [0.15, 0.2) is 35.1 Å². The summed E-state index contributed by atoms with van der Waals surface area (Å²) in [5.41, 5.74) is 5.07. The lowest BCUT2D eigenvalue weighted by Crippen LogP contribution is -2.20. The van der Waals surface area contributed by atoms with Crippen molar-refractivity contribution in [3.8, 4) is 5.75 Å². The molecule has 0 radical (unpaired) electrons. The Morgan fingerprint density at radius 3 is 2.93 bits per heavy atom. The van der Waals surface area contributed by atoms with E-state index >= 15 is 0 Å². The minimum Gasteiger partial charge on any atom is -0.496 e. The molecule has 1 unspecified atom stereocenters. The molecule has 27 heavy (non-hydrogen) atoms. The largest absolute Gasteiger partial charge is 0.496 e. The molecule has 3 heterocycles. The molecule has 0 saturated carbocycles. The van der Waals surface area contributed by atoms with E-state index < -0.39 is 0 Å². The normalized spacial score (nSPS) is 17.7. The van der Waals surface area contributed by atoms with Gasteiger partial charge in [0.15, 0.2) is 5.65 Å². The highest BCUT2D eigenvalue weighted by Gasteiger charge is 2.26. The predicted molar refractivity (Wildman–Crippen MR) is 106 cm³/mol. The Bertz CT molecular complexity index is 1020. The molecule has 1 fully saturated rings. The number of rotatable bonds is 5. The zero-order valence-corrected chi connectivity index (χ0v) is 16.2. The van der Waals surface area contributed by atoms with Crippen LogP contribution < -0.4 is 10.3 Å². The lowest BCUT2D eigenvalue weighted by molar-refractivity contribution is 0.316. The summed E-state index contributed by atoms with van der Waals surface area (Å²) in [5, 5.41) is 3.26. The predicted octanol–water partition coefficient (Wildman–Crippen LogP) is 2.89. The molecular weight excluding hydrogens is 340 g/mol. The first kappa shape index (κ1) is 17.8. The third-order valence-corrected chi connectivity index (χ3v) is 5.43. The average molecular weight is 366 g/mol. The summed E-state index contributed by atoms with van der Waals surface area (Å²) in [6, 6.07) is 9.96. The Labute approximate surface area is 158 Å². The van der Waals surface area contributed by atoms with Gasteiger partial charge in [-0.3, -0.25) is 14.8 Å². The highest BCUT2D eigenvalue weighted by atomic mass is 16.5. The average Bonchev–Trinajstić information content (AvgIpc) is 3.29. The molecule has 142 valence electrons. The molecule has 1 aliphatic heterocycles. The van der Waals surface area contributed by atoms with Gasteiger partial charge in [0, 0.05) is 48.1 Å². The number of aromatic amines is 1. The summed E-state index contributed by atoms with van der Waals surface area (Å²) in [6.45, 7) is 6.98. The van der Waals surface area contributed by atoms with Gasteiger partial charge in [-0.25, -0.2) is 9.50 Å². The molecule has 3 aromatic rings. The maximum absolute atomic E-state index is 12.3. The number of nitrogens with one attached hydrogen (secondary N) is 1.